The normalized spacial score (nSPS) is 10.3. The van der Waals surface area contributed by atoms with Crippen molar-refractivity contribution in [1.29, 1.82) is 0 Å². The molecule has 0 aliphatic rings. The predicted molar refractivity (Wildman–Crippen MR) is 58.2 cm³/mol. The molecule has 0 spiro atoms. The van der Waals surface area contributed by atoms with Crippen LogP contribution in [0.5, 0.6) is 0 Å². The van der Waals surface area contributed by atoms with E-state index in [0.29, 0.717) is 24.3 Å². The molecule has 1 rings (SSSR count). The lowest BCUT2D eigenvalue weighted by molar-refractivity contribution is 0.0530. The molecule has 0 saturated heterocycles. The van der Waals surface area contributed by atoms with Gasteiger partial charge in [0.2, 0.25) is 0 Å². The summed E-state index contributed by atoms with van der Waals surface area (Å²) >= 11 is 1.35. The van der Waals surface area contributed by atoms with Gasteiger partial charge in [-0.15, -0.1) is 11.3 Å². The Hall–Kier alpha value is -0.940. The van der Waals surface area contributed by atoms with E-state index < -0.39 is 0 Å². The molecule has 0 aromatic carbocycles. The molecule has 1 aromatic rings. The number of carbonyl (C=O) groups excluding carboxylic acids is 1. The molecular weight excluding hydrogens is 214 g/mol. The summed E-state index contributed by atoms with van der Waals surface area (Å²) in [6, 6.07) is 0. The molecule has 0 radical (unpaired) electrons. The Labute approximate surface area is 92.9 Å². The molecule has 0 aliphatic carbocycles. The van der Waals surface area contributed by atoms with Crippen LogP contribution in [-0.2, 0) is 11.2 Å². The third-order valence-electron chi connectivity index (χ3n) is 1.84. The molecule has 0 fully saturated rings. The van der Waals surface area contributed by atoms with Gasteiger partial charge in [-0.25, -0.2) is 9.78 Å². The van der Waals surface area contributed by atoms with Crippen molar-refractivity contribution in [3.8, 4) is 0 Å². The van der Waals surface area contributed by atoms with Crippen LogP contribution in [0.25, 0.3) is 0 Å². The summed E-state index contributed by atoms with van der Waals surface area (Å²) in [6.45, 7) is 4.11. The van der Waals surface area contributed by atoms with Crippen molar-refractivity contribution < 1.29 is 14.6 Å². The number of carbonyl (C=O) groups is 1. The van der Waals surface area contributed by atoms with Gasteiger partial charge in [-0.2, -0.15) is 0 Å². The smallest absolute Gasteiger partial charge is 0.350 e. The summed E-state index contributed by atoms with van der Waals surface area (Å²) in [5.74, 6) is -0.309. The fourth-order valence-electron chi connectivity index (χ4n) is 1.24. The lowest BCUT2D eigenvalue weighted by Crippen LogP contribution is -2.06. The maximum absolute atomic E-state index is 11.5. The molecule has 1 N–H and O–H groups in total. The van der Waals surface area contributed by atoms with Gasteiger partial charge in [0.1, 0.15) is 4.88 Å². The number of nitrogens with zero attached hydrogens (tertiary/aromatic N) is 1. The van der Waals surface area contributed by atoms with Gasteiger partial charge in [0.15, 0.2) is 0 Å². The van der Waals surface area contributed by atoms with E-state index in [1.165, 1.54) is 11.3 Å². The van der Waals surface area contributed by atoms with E-state index in [0.717, 1.165) is 10.7 Å². The molecule has 15 heavy (non-hydrogen) atoms. The van der Waals surface area contributed by atoms with Crippen molar-refractivity contribution in [3.05, 3.63) is 15.6 Å². The van der Waals surface area contributed by atoms with Crippen molar-refractivity contribution in [2.24, 2.45) is 0 Å². The zero-order chi connectivity index (χ0) is 11.3. The Morgan fingerprint density at radius 2 is 2.33 bits per heavy atom. The van der Waals surface area contributed by atoms with Crippen molar-refractivity contribution in [2.45, 2.75) is 26.7 Å². The SMILES string of the molecule is CCOC(=O)c1sc(C)nc1CCCO. The lowest BCUT2D eigenvalue weighted by Gasteiger charge is -2.00. The molecule has 0 amide bonds. The second kappa shape index (κ2) is 5.82. The van der Waals surface area contributed by atoms with Crippen molar-refractivity contribution in [1.82, 2.24) is 4.98 Å². The molecule has 0 bridgehead atoms. The first-order chi connectivity index (χ1) is 7.19. The molecule has 84 valence electrons. The summed E-state index contributed by atoms with van der Waals surface area (Å²) in [7, 11) is 0. The van der Waals surface area contributed by atoms with E-state index in [1.807, 2.05) is 6.92 Å². The first kappa shape index (κ1) is 12.1. The second-order valence-electron chi connectivity index (χ2n) is 3.06. The number of esters is 1. The zero-order valence-electron chi connectivity index (χ0n) is 8.95. The Bertz CT molecular complexity index is 335. The van der Waals surface area contributed by atoms with Crippen LogP contribution in [0.3, 0.4) is 0 Å². The number of aliphatic hydroxyl groups excluding tert-OH is 1. The van der Waals surface area contributed by atoms with E-state index in [-0.39, 0.29) is 12.6 Å². The van der Waals surface area contributed by atoms with Gasteiger partial charge in [-0.1, -0.05) is 0 Å². The van der Waals surface area contributed by atoms with Crippen LogP contribution in [0, 0.1) is 6.92 Å². The Kier molecular flexibility index (Phi) is 4.71. The van der Waals surface area contributed by atoms with Crippen molar-refractivity contribution in [2.75, 3.05) is 13.2 Å². The van der Waals surface area contributed by atoms with Gasteiger partial charge in [0.25, 0.3) is 0 Å². The minimum Gasteiger partial charge on any atom is -0.462 e. The zero-order valence-corrected chi connectivity index (χ0v) is 9.76. The van der Waals surface area contributed by atoms with Gasteiger partial charge in [0, 0.05) is 6.61 Å². The van der Waals surface area contributed by atoms with Gasteiger partial charge in [-0.3, -0.25) is 0 Å². The molecule has 4 nitrogen and oxygen atoms in total. The monoisotopic (exact) mass is 229 g/mol. The molecule has 1 heterocycles. The fourth-order valence-corrected chi connectivity index (χ4v) is 2.10. The van der Waals surface area contributed by atoms with E-state index in [9.17, 15) is 4.79 Å². The summed E-state index contributed by atoms with van der Waals surface area (Å²) in [4.78, 5) is 16.4. The van der Waals surface area contributed by atoms with E-state index in [4.69, 9.17) is 9.84 Å². The Morgan fingerprint density at radius 1 is 1.60 bits per heavy atom. The highest BCUT2D eigenvalue weighted by molar-refractivity contribution is 7.13. The van der Waals surface area contributed by atoms with Crippen LogP contribution in [0.4, 0.5) is 0 Å². The average Bonchev–Trinajstić information content (AvgIpc) is 2.57. The minimum atomic E-state index is -0.309. The highest BCUT2D eigenvalue weighted by Crippen LogP contribution is 2.20. The number of aromatic nitrogens is 1. The average molecular weight is 229 g/mol. The predicted octanol–water partition coefficient (Wildman–Crippen LogP) is 1.55. The summed E-state index contributed by atoms with van der Waals surface area (Å²) < 4.78 is 4.93. The molecular formula is C10H15NO3S. The van der Waals surface area contributed by atoms with Gasteiger partial charge >= 0.3 is 5.97 Å². The van der Waals surface area contributed by atoms with Crippen molar-refractivity contribution >= 4 is 17.3 Å². The van der Waals surface area contributed by atoms with Crippen LogP contribution in [0.2, 0.25) is 0 Å². The van der Waals surface area contributed by atoms with E-state index >= 15 is 0 Å². The van der Waals surface area contributed by atoms with Crippen LogP contribution in [0.1, 0.15) is 33.7 Å². The number of aryl methyl sites for hydroxylation is 2. The lowest BCUT2D eigenvalue weighted by atomic mass is 10.2. The van der Waals surface area contributed by atoms with Gasteiger partial charge < -0.3 is 9.84 Å². The van der Waals surface area contributed by atoms with Crippen LogP contribution >= 0.6 is 11.3 Å². The molecule has 0 unspecified atom stereocenters. The van der Waals surface area contributed by atoms with Crippen LogP contribution in [0.15, 0.2) is 0 Å². The topological polar surface area (TPSA) is 59.4 Å². The number of hydrogen-bond donors (Lipinski definition) is 1. The standard InChI is InChI=1S/C10H15NO3S/c1-3-14-10(13)9-8(5-4-6-12)11-7(2)15-9/h12H,3-6H2,1-2H3. The highest BCUT2D eigenvalue weighted by Gasteiger charge is 2.17. The van der Waals surface area contributed by atoms with Crippen LogP contribution < -0.4 is 0 Å². The maximum Gasteiger partial charge on any atom is 0.350 e. The molecule has 1 aromatic heterocycles. The molecule has 0 atom stereocenters. The fraction of sp³-hybridized carbons (Fsp3) is 0.600. The van der Waals surface area contributed by atoms with Gasteiger partial charge in [0.05, 0.1) is 17.3 Å². The number of thiazole rings is 1. The van der Waals surface area contributed by atoms with Crippen LogP contribution in [-0.4, -0.2) is 29.3 Å². The number of ether oxygens (including phenoxy) is 1. The van der Waals surface area contributed by atoms with E-state index in [2.05, 4.69) is 4.98 Å². The van der Waals surface area contributed by atoms with Crippen molar-refractivity contribution in [3.63, 3.8) is 0 Å². The number of aliphatic hydroxyl groups is 1. The van der Waals surface area contributed by atoms with Gasteiger partial charge in [-0.05, 0) is 26.7 Å². The summed E-state index contributed by atoms with van der Waals surface area (Å²) in [6.07, 6.45) is 1.24. The summed E-state index contributed by atoms with van der Waals surface area (Å²) in [5, 5.41) is 9.58. The first-order valence-electron chi connectivity index (χ1n) is 4.93. The largest absolute Gasteiger partial charge is 0.462 e. The third-order valence-corrected chi connectivity index (χ3v) is 2.83. The summed E-state index contributed by atoms with van der Waals surface area (Å²) in [5.41, 5.74) is 0.741. The van der Waals surface area contributed by atoms with E-state index in [1.54, 1.807) is 6.92 Å². The second-order valence-corrected chi connectivity index (χ2v) is 4.26. The molecule has 0 aliphatic heterocycles. The molecule has 0 saturated carbocycles. The minimum absolute atomic E-state index is 0.110. The molecule has 5 heteroatoms. The highest BCUT2D eigenvalue weighted by atomic mass is 32.1. The maximum atomic E-state index is 11.5. The number of hydrogen-bond acceptors (Lipinski definition) is 5. The third kappa shape index (κ3) is 3.28. The quantitative estimate of drug-likeness (QED) is 0.778. The Morgan fingerprint density at radius 3 is 2.93 bits per heavy atom. The number of rotatable bonds is 5. The Balaban J connectivity index is 2.80. The first-order valence-corrected chi connectivity index (χ1v) is 5.75.